The van der Waals surface area contributed by atoms with Gasteiger partial charge in [-0.3, -0.25) is 19.6 Å². The average Bonchev–Trinajstić information content (AvgIpc) is 3.20. The molecule has 0 saturated heterocycles. The molecule has 0 bridgehead atoms. The number of benzene rings is 2. The van der Waals surface area contributed by atoms with E-state index in [9.17, 15) is 14.9 Å². The molecule has 0 spiro atoms. The molecule has 9 heteroatoms. The highest BCUT2D eigenvalue weighted by Crippen LogP contribution is 2.16. The lowest BCUT2D eigenvalue weighted by molar-refractivity contribution is -0.385. The van der Waals surface area contributed by atoms with Gasteiger partial charge >= 0.3 is 5.69 Å². The fraction of sp³-hybridized carbons (Fsp3) is 0.190. The number of nitrogens with one attached hydrogen (secondary N) is 1. The molecule has 154 valence electrons. The Labute approximate surface area is 173 Å². The van der Waals surface area contributed by atoms with Crippen LogP contribution < -0.4 is 10.2 Å². The second-order valence-corrected chi connectivity index (χ2v) is 6.62. The molecule has 30 heavy (non-hydrogen) atoms. The first kappa shape index (κ1) is 20.7. The van der Waals surface area contributed by atoms with Gasteiger partial charge in [0.2, 0.25) is 0 Å². The summed E-state index contributed by atoms with van der Waals surface area (Å²) in [5, 5.41) is 18.5. The van der Waals surface area contributed by atoms with Crippen LogP contribution in [0.5, 0.6) is 5.75 Å². The molecule has 0 unspecified atom stereocenters. The lowest BCUT2D eigenvalue weighted by Gasteiger charge is -2.09. The van der Waals surface area contributed by atoms with Crippen molar-refractivity contribution in [3.8, 4) is 5.75 Å². The van der Waals surface area contributed by atoms with Crippen LogP contribution in [0.3, 0.4) is 0 Å². The molecule has 3 aromatic rings. The third-order valence-corrected chi connectivity index (χ3v) is 4.41. The van der Waals surface area contributed by atoms with E-state index in [4.69, 9.17) is 4.74 Å². The zero-order chi connectivity index (χ0) is 21.5. The van der Waals surface area contributed by atoms with Gasteiger partial charge in [-0.1, -0.05) is 24.3 Å². The third-order valence-electron chi connectivity index (χ3n) is 4.41. The average molecular weight is 407 g/mol. The predicted molar refractivity (Wildman–Crippen MR) is 111 cm³/mol. The topological polar surface area (TPSA) is 112 Å². The van der Waals surface area contributed by atoms with Crippen molar-refractivity contribution in [3.63, 3.8) is 0 Å². The van der Waals surface area contributed by atoms with Crippen molar-refractivity contribution in [2.24, 2.45) is 5.10 Å². The number of ether oxygens (including phenoxy) is 1. The number of rotatable bonds is 8. The van der Waals surface area contributed by atoms with Crippen LogP contribution in [0.4, 0.5) is 5.69 Å². The number of nitro groups is 1. The van der Waals surface area contributed by atoms with Gasteiger partial charge in [-0.05, 0) is 54.8 Å². The van der Waals surface area contributed by atoms with Gasteiger partial charge in [0.15, 0.2) is 0 Å². The number of amides is 1. The summed E-state index contributed by atoms with van der Waals surface area (Å²) in [6, 6.07) is 15.5. The molecule has 1 aromatic heterocycles. The van der Waals surface area contributed by atoms with Gasteiger partial charge in [-0.15, -0.1) is 0 Å². The van der Waals surface area contributed by atoms with E-state index >= 15 is 0 Å². The normalized spacial score (nSPS) is 11.2. The summed E-state index contributed by atoms with van der Waals surface area (Å²) in [5.41, 5.74) is 5.99. The Morgan fingerprint density at radius 3 is 2.63 bits per heavy atom. The first-order valence-electron chi connectivity index (χ1n) is 9.20. The number of hydrazone groups is 1. The van der Waals surface area contributed by atoms with E-state index in [0.717, 1.165) is 23.1 Å². The van der Waals surface area contributed by atoms with Crippen LogP contribution in [0.2, 0.25) is 0 Å². The first-order chi connectivity index (χ1) is 14.4. The van der Waals surface area contributed by atoms with E-state index in [1.54, 1.807) is 6.92 Å². The van der Waals surface area contributed by atoms with Gasteiger partial charge in [0, 0.05) is 0 Å². The van der Waals surface area contributed by atoms with Crippen LogP contribution in [0.1, 0.15) is 23.6 Å². The number of carbonyl (C=O) groups is 1. The van der Waals surface area contributed by atoms with Crippen molar-refractivity contribution in [2.45, 2.75) is 27.0 Å². The standard InChI is InChI=1S/C21H21N5O4/c1-15-5-3-4-6-18(15)14-30-20-9-7-17(8-10-20)16(2)23-24-21(27)13-25-12-19(11-22-25)26(28)29/h3-12H,13-14H2,1-2H3,(H,24,27). The number of aromatic nitrogens is 2. The van der Waals surface area contributed by atoms with Crippen molar-refractivity contribution in [1.82, 2.24) is 15.2 Å². The van der Waals surface area contributed by atoms with E-state index < -0.39 is 10.8 Å². The summed E-state index contributed by atoms with van der Waals surface area (Å²) in [6.07, 6.45) is 2.27. The van der Waals surface area contributed by atoms with E-state index in [-0.39, 0.29) is 12.2 Å². The Morgan fingerprint density at radius 1 is 1.23 bits per heavy atom. The highest BCUT2D eigenvalue weighted by atomic mass is 16.6. The van der Waals surface area contributed by atoms with Crippen molar-refractivity contribution >= 4 is 17.3 Å². The Bertz CT molecular complexity index is 1070. The van der Waals surface area contributed by atoms with Crippen molar-refractivity contribution < 1.29 is 14.5 Å². The van der Waals surface area contributed by atoms with Crippen molar-refractivity contribution in [1.29, 1.82) is 0 Å². The van der Waals surface area contributed by atoms with Gasteiger partial charge < -0.3 is 4.74 Å². The molecule has 1 N–H and O–H groups in total. The van der Waals surface area contributed by atoms with E-state index in [2.05, 4.69) is 15.6 Å². The summed E-state index contributed by atoms with van der Waals surface area (Å²) in [7, 11) is 0. The number of aryl methyl sites for hydroxylation is 1. The Morgan fingerprint density at radius 2 is 1.97 bits per heavy atom. The lowest BCUT2D eigenvalue weighted by Crippen LogP contribution is -2.24. The summed E-state index contributed by atoms with van der Waals surface area (Å²) in [6.45, 7) is 4.13. The van der Waals surface area contributed by atoms with E-state index in [1.807, 2.05) is 55.5 Å². The third kappa shape index (κ3) is 5.51. The fourth-order valence-corrected chi connectivity index (χ4v) is 2.65. The predicted octanol–water partition coefficient (Wildman–Crippen LogP) is 3.22. The lowest BCUT2D eigenvalue weighted by atomic mass is 10.1. The van der Waals surface area contributed by atoms with E-state index in [1.165, 1.54) is 16.4 Å². The molecular weight excluding hydrogens is 386 g/mol. The van der Waals surface area contributed by atoms with Crippen molar-refractivity contribution in [2.75, 3.05) is 0 Å². The first-order valence-corrected chi connectivity index (χ1v) is 9.20. The molecule has 0 saturated carbocycles. The van der Waals surface area contributed by atoms with E-state index in [0.29, 0.717) is 12.3 Å². The van der Waals surface area contributed by atoms with Crippen LogP contribution in [-0.2, 0) is 17.9 Å². The van der Waals surface area contributed by atoms with Gasteiger partial charge in [0.1, 0.15) is 31.3 Å². The summed E-state index contributed by atoms with van der Waals surface area (Å²) >= 11 is 0. The molecule has 0 aliphatic carbocycles. The van der Waals surface area contributed by atoms with Gasteiger partial charge in [-0.2, -0.15) is 10.2 Å². The molecule has 0 aliphatic rings. The van der Waals surface area contributed by atoms with Gasteiger partial charge in [0.05, 0.1) is 10.6 Å². The largest absolute Gasteiger partial charge is 0.489 e. The Hall–Kier alpha value is -4.01. The Balaban J connectivity index is 1.53. The number of nitrogens with zero attached hydrogens (tertiary/aromatic N) is 4. The second kappa shape index (κ2) is 9.46. The maximum atomic E-state index is 12.0. The van der Waals surface area contributed by atoms with Gasteiger partial charge in [-0.25, -0.2) is 5.43 Å². The summed E-state index contributed by atoms with van der Waals surface area (Å²) < 4.78 is 7.00. The molecule has 0 fully saturated rings. The molecular formula is C21H21N5O4. The van der Waals surface area contributed by atoms with Gasteiger partial charge in [0.25, 0.3) is 5.91 Å². The monoisotopic (exact) mass is 407 g/mol. The molecule has 9 nitrogen and oxygen atoms in total. The minimum Gasteiger partial charge on any atom is -0.489 e. The molecule has 0 radical (unpaired) electrons. The minimum absolute atomic E-state index is 0.170. The summed E-state index contributed by atoms with van der Waals surface area (Å²) in [4.78, 5) is 22.0. The van der Waals surface area contributed by atoms with Crippen LogP contribution in [-0.4, -0.2) is 26.3 Å². The van der Waals surface area contributed by atoms with Crippen LogP contribution >= 0.6 is 0 Å². The zero-order valence-corrected chi connectivity index (χ0v) is 16.6. The highest BCUT2D eigenvalue weighted by molar-refractivity contribution is 5.99. The quantitative estimate of drug-likeness (QED) is 0.350. The number of hydrogen-bond acceptors (Lipinski definition) is 6. The molecule has 0 aliphatic heterocycles. The molecule has 3 rings (SSSR count). The van der Waals surface area contributed by atoms with Crippen LogP contribution in [0, 0.1) is 17.0 Å². The second-order valence-electron chi connectivity index (χ2n) is 6.62. The fourth-order valence-electron chi connectivity index (χ4n) is 2.65. The smallest absolute Gasteiger partial charge is 0.307 e. The highest BCUT2D eigenvalue weighted by Gasteiger charge is 2.11. The minimum atomic E-state index is -0.571. The maximum Gasteiger partial charge on any atom is 0.307 e. The molecule has 0 atom stereocenters. The SMILES string of the molecule is CC(=NNC(=O)Cn1cc([N+](=O)[O-])cn1)c1ccc(OCc2ccccc2C)cc1. The maximum absolute atomic E-state index is 12.0. The number of hydrogen-bond donors (Lipinski definition) is 1. The summed E-state index contributed by atoms with van der Waals surface area (Å²) in [5.74, 6) is 0.296. The zero-order valence-electron chi connectivity index (χ0n) is 16.6. The number of carbonyl (C=O) groups excluding carboxylic acids is 1. The molecule has 1 amide bonds. The van der Waals surface area contributed by atoms with Crippen LogP contribution in [0.25, 0.3) is 0 Å². The Kier molecular flexibility index (Phi) is 6.53. The molecule has 1 heterocycles. The molecule has 2 aromatic carbocycles. The van der Waals surface area contributed by atoms with Crippen molar-refractivity contribution in [3.05, 3.63) is 87.7 Å². The van der Waals surface area contributed by atoms with Crippen LogP contribution in [0.15, 0.2) is 66.0 Å².